The van der Waals surface area contributed by atoms with Crippen LogP contribution in [0, 0.1) is 7.14 Å². The first-order chi connectivity index (χ1) is 9.10. The molecule has 0 radical (unpaired) electrons. The molecule has 1 aliphatic heterocycles. The standard InChI is InChI=1S/C13H18I2N2O2.2ClH/c14-11-7-10(13(19)12(15)8-11)9-17-3-1-16(2-4-17)5-6-18;;/h7-8,18-19H,1-6,9H2;2*1H. The Hall–Kier alpha value is 0.940. The van der Waals surface area contributed by atoms with Crippen LogP contribution < -0.4 is 0 Å². The predicted molar refractivity (Wildman–Crippen MR) is 107 cm³/mol. The SMILES string of the molecule is Cl.Cl.OCCN1CCN(Cc2cc(I)cc(I)c2O)CC1. The van der Waals surface area contributed by atoms with Crippen LogP contribution >= 0.6 is 70.0 Å². The van der Waals surface area contributed by atoms with E-state index in [1.165, 1.54) is 0 Å². The Labute approximate surface area is 165 Å². The highest BCUT2D eigenvalue weighted by Crippen LogP contribution is 2.28. The maximum Gasteiger partial charge on any atom is 0.133 e. The molecule has 8 heteroatoms. The highest BCUT2D eigenvalue weighted by Gasteiger charge is 2.18. The molecule has 0 unspecified atom stereocenters. The van der Waals surface area contributed by atoms with Gasteiger partial charge in [0, 0.05) is 48.4 Å². The lowest BCUT2D eigenvalue weighted by atomic mass is 10.1. The third kappa shape index (κ3) is 6.52. The average Bonchev–Trinajstić information content (AvgIpc) is 2.38. The fourth-order valence-electron chi connectivity index (χ4n) is 2.29. The van der Waals surface area contributed by atoms with Crippen LogP contribution in [0.4, 0.5) is 0 Å². The van der Waals surface area contributed by atoms with E-state index in [1.807, 2.05) is 6.07 Å². The van der Waals surface area contributed by atoms with Crippen LogP contribution in [-0.2, 0) is 6.54 Å². The molecule has 122 valence electrons. The number of hydrogen-bond acceptors (Lipinski definition) is 4. The van der Waals surface area contributed by atoms with Crippen LogP contribution in [0.15, 0.2) is 12.1 Å². The van der Waals surface area contributed by atoms with Crippen molar-refractivity contribution in [3.05, 3.63) is 24.8 Å². The third-order valence-electron chi connectivity index (χ3n) is 3.38. The summed E-state index contributed by atoms with van der Waals surface area (Å²) < 4.78 is 2.08. The van der Waals surface area contributed by atoms with Crippen molar-refractivity contribution in [2.45, 2.75) is 6.54 Å². The fraction of sp³-hybridized carbons (Fsp3) is 0.538. The first-order valence-electron chi connectivity index (χ1n) is 6.32. The van der Waals surface area contributed by atoms with E-state index in [0.717, 1.165) is 52.0 Å². The molecule has 0 aromatic heterocycles. The second-order valence-electron chi connectivity index (χ2n) is 4.74. The topological polar surface area (TPSA) is 46.9 Å². The van der Waals surface area contributed by atoms with Gasteiger partial charge < -0.3 is 10.2 Å². The van der Waals surface area contributed by atoms with Crippen LogP contribution in [0.5, 0.6) is 5.75 Å². The van der Waals surface area contributed by atoms with Gasteiger partial charge in [0.1, 0.15) is 5.75 Å². The number of halogens is 4. The number of benzene rings is 1. The zero-order valence-electron chi connectivity index (χ0n) is 11.5. The molecule has 1 aromatic carbocycles. The van der Waals surface area contributed by atoms with Crippen molar-refractivity contribution in [3.63, 3.8) is 0 Å². The monoisotopic (exact) mass is 560 g/mol. The molecule has 4 nitrogen and oxygen atoms in total. The number of β-amino-alcohol motifs (C(OH)–C–C–N with tert-alkyl or cyclic N) is 1. The first kappa shape index (κ1) is 21.9. The highest BCUT2D eigenvalue weighted by molar-refractivity contribution is 14.1. The first-order valence-corrected chi connectivity index (χ1v) is 8.48. The van der Waals surface area contributed by atoms with Gasteiger partial charge in [-0.3, -0.25) is 9.80 Å². The molecule has 0 saturated carbocycles. The maximum absolute atomic E-state index is 10.1. The summed E-state index contributed by atoms with van der Waals surface area (Å²) >= 11 is 4.46. The molecule has 2 rings (SSSR count). The van der Waals surface area contributed by atoms with Crippen molar-refractivity contribution in [2.75, 3.05) is 39.3 Å². The van der Waals surface area contributed by atoms with Gasteiger partial charge in [-0.2, -0.15) is 0 Å². The Bertz CT molecular complexity index is 444. The number of rotatable bonds is 4. The Morgan fingerprint density at radius 3 is 2.14 bits per heavy atom. The van der Waals surface area contributed by atoms with Gasteiger partial charge in [-0.25, -0.2) is 0 Å². The lowest BCUT2D eigenvalue weighted by Gasteiger charge is -2.34. The molecular formula is C13H20Cl2I2N2O2. The van der Waals surface area contributed by atoms with Crippen molar-refractivity contribution < 1.29 is 10.2 Å². The molecule has 2 N–H and O–H groups in total. The number of aliphatic hydroxyl groups excluding tert-OH is 1. The van der Waals surface area contributed by atoms with Crippen molar-refractivity contribution in [1.82, 2.24) is 9.80 Å². The number of hydrogen-bond donors (Lipinski definition) is 2. The molecule has 0 aliphatic carbocycles. The van der Waals surface area contributed by atoms with Gasteiger partial charge in [-0.1, -0.05) is 0 Å². The fourth-order valence-corrected chi connectivity index (χ4v) is 4.26. The summed E-state index contributed by atoms with van der Waals surface area (Å²) in [5.41, 5.74) is 1.01. The minimum atomic E-state index is 0. The molecule has 0 spiro atoms. The third-order valence-corrected chi connectivity index (χ3v) is 4.83. The van der Waals surface area contributed by atoms with Gasteiger partial charge in [-0.05, 0) is 57.3 Å². The zero-order chi connectivity index (χ0) is 13.8. The number of phenolic OH excluding ortho intramolecular Hbond substituents is 1. The molecule has 0 atom stereocenters. The van der Waals surface area contributed by atoms with Crippen LogP contribution in [0.1, 0.15) is 5.56 Å². The summed E-state index contributed by atoms with van der Waals surface area (Å²) in [4.78, 5) is 4.63. The van der Waals surface area contributed by atoms with E-state index in [1.54, 1.807) is 0 Å². The van der Waals surface area contributed by atoms with Crippen LogP contribution in [0.2, 0.25) is 0 Å². The highest BCUT2D eigenvalue weighted by atomic mass is 127. The molecule has 1 aliphatic rings. The molecule has 0 bridgehead atoms. The van der Waals surface area contributed by atoms with E-state index >= 15 is 0 Å². The van der Waals surface area contributed by atoms with E-state index in [2.05, 4.69) is 61.0 Å². The molecule has 1 fully saturated rings. The van der Waals surface area contributed by atoms with E-state index in [4.69, 9.17) is 5.11 Å². The predicted octanol–water partition coefficient (Wildman–Crippen LogP) is 2.55. The average molecular weight is 561 g/mol. The molecular weight excluding hydrogens is 541 g/mol. The van der Waals surface area contributed by atoms with Gasteiger partial charge in [0.05, 0.1) is 10.2 Å². The van der Waals surface area contributed by atoms with Crippen molar-refractivity contribution in [1.29, 1.82) is 0 Å². The van der Waals surface area contributed by atoms with Crippen LogP contribution in [0.3, 0.4) is 0 Å². The minimum absolute atomic E-state index is 0. The maximum atomic E-state index is 10.1. The summed E-state index contributed by atoms with van der Waals surface area (Å²) in [5.74, 6) is 0.416. The Morgan fingerprint density at radius 2 is 1.57 bits per heavy atom. The van der Waals surface area contributed by atoms with Crippen LogP contribution in [0.25, 0.3) is 0 Å². The van der Waals surface area contributed by atoms with E-state index in [9.17, 15) is 5.11 Å². The second-order valence-corrected chi connectivity index (χ2v) is 7.14. The molecule has 21 heavy (non-hydrogen) atoms. The number of nitrogens with zero attached hydrogens (tertiary/aromatic N) is 2. The number of phenols is 1. The summed E-state index contributed by atoms with van der Waals surface area (Å²) in [5, 5.41) is 19.0. The molecule has 1 saturated heterocycles. The van der Waals surface area contributed by atoms with E-state index in [-0.39, 0.29) is 31.4 Å². The Kier molecular flexibility index (Phi) is 11.1. The van der Waals surface area contributed by atoms with Crippen LogP contribution in [-0.4, -0.2) is 59.3 Å². The molecule has 0 amide bonds. The van der Waals surface area contributed by atoms with E-state index < -0.39 is 0 Å². The van der Waals surface area contributed by atoms with Crippen molar-refractivity contribution >= 4 is 70.0 Å². The normalized spacial score (nSPS) is 16.1. The summed E-state index contributed by atoms with van der Waals surface area (Å²) in [6.45, 7) is 5.75. The Morgan fingerprint density at radius 1 is 1.00 bits per heavy atom. The number of aromatic hydroxyl groups is 1. The van der Waals surface area contributed by atoms with E-state index in [0.29, 0.717) is 5.75 Å². The second kappa shape index (κ2) is 10.7. The summed E-state index contributed by atoms with van der Waals surface area (Å²) in [6, 6.07) is 4.04. The molecule has 1 aromatic rings. The lowest BCUT2D eigenvalue weighted by molar-refractivity contribution is 0.108. The molecule has 1 heterocycles. The smallest absolute Gasteiger partial charge is 0.133 e. The number of piperazine rings is 1. The van der Waals surface area contributed by atoms with Crippen molar-refractivity contribution in [3.8, 4) is 5.75 Å². The summed E-state index contributed by atoms with van der Waals surface area (Å²) in [7, 11) is 0. The van der Waals surface area contributed by atoms with Gasteiger partial charge in [0.15, 0.2) is 0 Å². The summed E-state index contributed by atoms with van der Waals surface area (Å²) in [6.07, 6.45) is 0. The van der Waals surface area contributed by atoms with Gasteiger partial charge >= 0.3 is 0 Å². The Balaban J connectivity index is 0.00000200. The van der Waals surface area contributed by atoms with Crippen molar-refractivity contribution in [2.24, 2.45) is 0 Å². The zero-order valence-corrected chi connectivity index (χ0v) is 17.4. The minimum Gasteiger partial charge on any atom is -0.507 e. The van der Waals surface area contributed by atoms with Gasteiger partial charge in [0.2, 0.25) is 0 Å². The quantitative estimate of drug-likeness (QED) is 0.556. The largest absolute Gasteiger partial charge is 0.507 e. The lowest BCUT2D eigenvalue weighted by Crippen LogP contribution is -2.46. The van der Waals surface area contributed by atoms with Gasteiger partial charge in [0.25, 0.3) is 0 Å². The number of aliphatic hydroxyl groups is 1. The van der Waals surface area contributed by atoms with Gasteiger partial charge in [-0.15, -0.1) is 24.8 Å².